The second kappa shape index (κ2) is 6.96. The first-order valence-corrected chi connectivity index (χ1v) is 9.61. The molecule has 0 unspecified atom stereocenters. The highest BCUT2D eigenvalue weighted by atomic mass is 16.5. The van der Waals surface area contributed by atoms with E-state index in [1.54, 1.807) is 4.68 Å². The lowest BCUT2D eigenvalue weighted by Gasteiger charge is -2.36. The summed E-state index contributed by atoms with van der Waals surface area (Å²) in [6.07, 6.45) is 4.50. The number of ether oxygens (including phenoxy) is 1. The van der Waals surface area contributed by atoms with E-state index in [0.29, 0.717) is 13.1 Å². The predicted molar refractivity (Wildman–Crippen MR) is 103 cm³/mol. The van der Waals surface area contributed by atoms with Crippen LogP contribution in [0.15, 0.2) is 18.5 Å². The van der Waals surface area contributed by atoms with Crippen LogP contribution in [0.3, 0.4) is 0 Å². The smallest absolute Gasteiger partial charge is 0.272 e. The van der Waals surface area contributed by atoms with Crippen molar-refractivity contribution in [3.8, 4) is 0 Å². The number of hydrogen-bond donors (Lipinski definition) is 0. The van der Waals surface area contributed by atoms with Gasteiger partial charge in [-0.05, 0) is 32.4 Å². The van der Waals surface area contributed by atoms with Crippen LogP contribution in [-0.4, -0.2) is 57.9 Å². The molecule has 0 N–H and O–H groups in total. The third kappa shape index (κ3) is 3.20. The van der Waals surface area contributed by atoms with Gasteiger partial charge in [-0.3, -0.25) is 14.5 Å². The number of nitrogens with zero attached hydrogens (tertiary/aromatic N) is 5. The van der Waals surface area contributed by atoms with Crippen molar-refractivity contribution >= 4 is 11.6 Å². The van der Waals surface area contributed by atoms with E-state index in [1.165, 1.54) is 5.56 Å². The quantitative estimate of drug-likeness (QED) is 0.811. The maximum atomic E-state index is 13.3. The Morgan fingerprint density at radius 1 is 1.22 bits per heavy atom. The zero-order valence-corrected chi connectivity index (χ0v) is 16.5. The lowest BCUT2D eigenvalue weighted by Crippen LogP contribution is -2.49. The molecule has 0 bridgehead atoms. The van der Waals surface area contributed by atoms with E-state index >= 15 is 0 Å². The minimum Gasteiger partial charge on any atom is -0.369 e. The molecule has 2 atom stereocenters. The molecule has 0 aromatic carbocycles. The van der Waals surface area contributed by atoms with Gasteiger partial charge in [0.05, 0.1) is 29.8 Å². The van der Waals surface area contributed by atoms with Gasteiger partial charge in [-0.2, -0.15) is 5.10 Å². The Hall–Kier alpha value is -2.41. The molecule has 4 rings (SSSR count). The van der Waals surface area contributed by atoms with E-state index in [2.05, 4.69) is 28.8 Å². The second-order valence-corrected chi connectivity index (χ2v) is 7.57. The number of aromatic nitrogens is 3. The highest BCUT2D eigenvalue weighted by Crippen LogP contribution is 2.32. The summed E-state index contributed by atoms with van der Waals surface area (Å²) in [5.41, 5.74) is 5.05. The van der Waals surface area contributed by atoms with Gasteiger partial charge >= 0.3 is 0 Å². The first-order chi connectivity index (χ1) is 13.0. The van der Waals surface area contributed by atoms with Crippen molar-refractivity contribution in [2.75, 3.05) is 31.1 Å². The molecule has 27 heavy (non-hydrogen) atoms. The number of piperazine rings is 1. The summed E-state index contributed by atoms with van der Waals surface area (Å²) < 4.78 is 7.61. The highest BCUT2D eigenvalue weighted by Gasteiger charge is 2.34. The molecule has 0 aliphatic carbocycles. The summed E-state index contributed by atoms with van der Waals surface area (Å²) in [7, 11) is 1.86. The van der Waals surface area contributed by atoms with Gasteiger partial charge in [0.25, 0.3) is 5.91 Å². The molecule has 4 heterocycles. The Morgan fingerprint density at radius 2 is 1.96 bits per heavy atom. The van der Waals surface area contributed by atoms with Gasteiger partial charge in [0.2, 0.25) is 0 Å². The van der Waals surface area contributed by atoms with Crippen LogP contribution in [0, 0.1) is 6.92 Å². The Labute approximate surface area is 159 Å². The number of carbonyl (C=O) groups excluding carboxylic acids is 1. The zero-order chi connectivity index (χ0) is 19.1. The highest BCUT2D eigenvalue weighted by molar-refractivity contribution is 5.94. The molecular weight excluding hydrogens is 342 g/mol. The SMILES string of the molecule is Cc1ccncc1N1CCN(C(=O)c2c3c(nn2C)[C@H](C)O[C@H](C)C3)CC1. The minimum atomic E-state index is -0.0677. The topological polar surface area (TPSA) is 63.5 Å². The van der Waals surface area contributed by atoms with E-state index < -0.39 is 0 Å². The van der Waals surface area contributed by atoms with Crippen molar-refractivity contribution in [3.05, 3.63) is 41.0 Å². The monoisotopic (exact) mass is 369 g/mol. The molecule has 2 aromatic rings. The molecule has 1 amide bonds. The van der Waals surface area contributed by atoms with E-state index in [0.717, 1.165) is 42.1 Å². The van der Waals surface area contributed by atoms with Crippen LogP contribution in [-0.2, 0) is 18.2 Å². The van der Waals surface area contributed by atoms with Crippen LogP contribution < -0.4 is 4.90 Å². The number of anilines is 1. The Kier molecular flexibility index (Phi) is 4.63. The molecule has 7 heteroatoms. The summed E-state index contributed by atoms with van der Waals surface area (Å²) in [5.74, 6) is 0.0788. The summed E-state index contributed by atoms with van der Waals surface area (Å²) in [4.78, 5) is 21.8. The maximum Gasteiger partial charge on any atom is 0.272 e. The molecule has 2 aliphatic rings. The summed E-state index contributed by atoms with van der Waals surface area (Å²) >= 11 is 0. The van der Waals surface area contributed by atoms with Gasteiger partial charge < -0.3 is 14.5 Å². The third-order valence-corrected chi connectivity index (χ3v) is 5.61. The van der Waals surface area contributed by atoms with Gasteiger partial charge in [0, 0.05) is 51.4 Å². The Bertz CT molecular complexity index is 854. The number of amides is 1. The van der Waals surface area contributed by atoms with Crippen LogP contribution in [0.5, 0.6) is 0 Å². The minimum absolute atomic E-state index is 0.0677. The van der Waals surface area contributed by atoms with E-state index in [1.807, 2.05) is 37.3 Å². The zero-order valence-electron chi connectivity index (χ0n) is 16.5. The predicted octanol–water partition coefficient (Wildman–Crippen LogP) is 2.11. The molecule has 0 saturated carbocycles. The summed E-state index contributed by atoms with van der Waals surface area (Å²) in [5, 5.41) is 4.58. The maximum absolute atomic E-state index is 13.3. The van der Waals surface area contributed by atoms with E-state index in [-0.39, 0.29) is 18.1 Å². The fourth-order valence-electron chi connectivity index (χ4n) is 4.22. The number of hydrogen-bond acceptors (Lipinski definition) is 5. The van der Waals surface area contributed by atoms with Gasteiger partial charge in [0.15, 0.2) is 0 Å². The molecule has 1 fully saturated rings. The van der Waals surface area contributed by atoms with Crippen LogP contribution in [0.1, 0.15) is 47.3 Å². The summed E-state index contributed by atoms with van der Waals surface area (Å²) in [6, 6.07) is 2.03. The van der Waals surface area contributed by atoms with Crippen molar-refractivity contribution in [2.24, 2.45) is 7.05 Å². The van der Waals surface area contributed by atoms with Crippen LogP contribution in [0.4, 0.5) is 5.69 Å². The summed E-state index contributed by atoms with van der Waals surface area (Å²) in [6.45, 7) is 9.19. The van der Waals surface area contributed by atoms with Crippen LogP contribution in [0.25, 0.3) is 0 Å². The standard InChI is InChI=1S/C20H27N5O2/c1-13-5-6-21-12-17(13)24-7-9-25(10-8-24)20(26)19-16-11-14(2)27-15(3)18(16)22-23(19)4/h5-6,12,14-15H,7-11H2,1-4H3/t14-,15+/m1/s1. The van der Waals surface area contributed by atoms with Crippen molar-refractivity contribution in [1.82, 2.24) is 19.7 Å². The van der Waals surface area contributed by atoms with Crippen molar-refractivity contribution < 1.29 is 9.53 Å². The molecule has 0 spiro atoms. The molecule has 2 aromatic heterocycles. The van der Waals surface area contributed by atoms with Gasteiger partial charge in [0.1, 0.15) is 5.69 Å². The second-order valence-electron chi connectivity index (χ2n) is 7.57. The lowest BCUT2D eigenvalue weighted by molar-refractivity contribution is -0.00714. The average Bonchev–Trinajstić information content (AvgIpc) is 2.98. The first-order valence-electron chi connectivity index (χ1n) is 9.61. The molecule has 1 saturated heterocycles. The number of carbonyl (C=O) groups is 1. The fourth-order valence-corrected chi connectivity index (χ4v) is 4.22. The number of fused-ring (bicyclic) bond motifs is 1. The third-order valence-electron chi connectivity index (χ3n) is 5.61. The Balaban J connectivity index is 1.52. The van der Waals surface area contributed by atoms with Crippen molar-refractivity contribution in [1.29, 1.82) is 0 Å². The van der Waals surface area contributed by atoms with Gasteiger partial charge in [-0.15, -0.1) is 0 Å². The van der Waals surface area contributed by atoms with Crippen molar-refractivity contribution in [2.45, 2.75) is 39.4 Å². The fraction of sp³-hybridized carbons (Fsp3) is 0.550. The van der Waals surface area contributed by atoms with Crippen LogP contribution >= 0.6 is 0 Å². The largest absolute Gasteiger partial charge is 0.369 e. The average molecular weight is 369 g/mol. The first kappa shape index (κ1) is 18.0. The van der Waals surface area contributed by atoms with Gasteiger partial charge in [-0.1, -0.05) is 0 Å². The Morgan fingerprint density at radius 3 is 2.67 bits per heavy atom. The van der Waals surface area contributed by atoms with Gasteiger partial charge in [-0.25, -0.2) is 0 Å². The van der Waals surface area contributed by atoms with E-state index in [9.17, 15) is 4.79 Å². The number of rotatable bonds is 2. The number of pyridine rings is 1. The lowest BCUT2D eigenvalue weighted by atomic mass is 9.99. The van der Waals surface area contributed by atoms with Crippen molar-refractivity contribution in [3.63, 3.8) is 0 Å². The molecule has 0 radical (unpaired) electrons. The molecule has 7 nitrogen and oxygen atoms in total. The van der Waals surface area contributed by atoms with Crippen LogP contribution in [0.2, 0.25) is 0 Å². The molecule has 144 valence electrons. The molecule has 2 aliphatic heterocycles. The number of aryl methyl sites for hydroxylation is 2. The normalized spacial score (nSPS) is 22.7. The molecular formula is C20H27N5O2. The van der Waals surface area contributed by atoms with E-state index in [4.69, 9.17) is 4.74 Å².